The van der Waals surface area contributed by atoms with Crippen LogP contribution in [0.1, 0.15) is 36.6 Å². The fourth-order valence-corrected chi connectivity index (χ4v) is 3.28. The largest absolute Gasteiger partial charge is 0.466 e. The molecule has 0 radical (unpaired) electrons. The zero-order chi connectivity index (χ0) is 15.6. The van der Waals surface area contributed by atoms with Gasteiger partial charge in [0.2, 0.25) is 0 Å². The number of carbonyl (C=O) groups excluding carboxylic acids is 1. The van der Waals surface area contributed by atoms with Gasteiger partial charge in [0.15, 0.2) is 5.79 Å². The maximum atomic E-state index is 11.5. The van der Waals surface area contributed by atoms with Crippen molar-refractivity contribution in [2.45, 2.75) is 44.9 Å². The minimum Gasteiger partial charge on any atom is -0.466 e. The number of fused-ring (bicyclic) bond motifs is 1. The number of esters is 1. The average molecular weight is 304 g/mol. The van der Waals surface area contributed by atoms with E-state index >= 15 is 0 Å². The Kier molecular flexibility index (Phi) is 4.19. The van der Waals surface area contributed by atoms with Crippen molar-refractivity contribution in [2.24, 2.45) is 0 Å². The molecule has 0 N–H and O–H groups in total. The minimum atomic E-state index is -0.507. The number of aromatic nitrogens is 1. The van der Waals surface area contributed by atoms with E-state index in [0.717, 1.165) is 24.0 Å². The van der Waals surface area contributed by atoms with E-state index in [2.05, 4.69) is 6.07 Å². The molecule has 6 heteroatoms. The molecule has 1 aromatic rings. The maximum absolute atomic E-state index is 11.5. The van der Waals surface area contributed by atoms with Crippen molar-refractivity contribution in [2.75, 3.05) is 19.8 Å². The summed E-state index contributed by atoms with van der Waals surface area (Å²) in [6.07, 6.45) is 4.44. The molecule has 0 bridgehead atoms. The summed E-state index contributed by atoms with van der Waals surface area (Å²) in [4.78, 5) is 11.5. The van der Waals surface area contributed by atoms with Crippen LogP contribution in [0.25, 0.3) is 0 Å². The second-order valence-electron chi connectivity index (χ2n) is 5.63. The molecule has 1 saturated heterocycles. The van der Waals surface area contributed by atoms with E-state index < -0.39 is 5.79 Å². The van der Waals surface area contributed by atoms with Gasteiger partial charge in [-0.05, 0) is 24.5 Å². The first-order valence-corrected chi connectivity index (χ1v) is 7.72. The normalized spacial score (nSPS) is 18.9. The second-order valence-corrected chi connectivity index (χ2v) is 5.63. The lowest BCUT2D eigenvalue weighted by Gasteiger charge is -2.31. The van der Waals surface area contributed by atoms with Crippen LogP contribution in [0.5, 0.6) is 0 Å². The maximum Gasteiger partial charge on any atom is 0.307 e. The Bertz CT molecular complexity index is 608. The molecule has 1 spiro atoms. The van der Waals surface area contributed by atoms with Crippen molar-refractivity contribution in [3.63, 3.8) is 0 Å². The Hall–Kier alpha value is -1.84. The number of carbonyl (C=O) groups is 1. The van der Waals surface area contributed by atoms with Gasteiger partial charge in [-0.25, -0.2) is 0 Å². The van der Waals surface area contributed by atoms with E-state index in [4.69, 9.17) is 14.2 Å². The summed E-state index contributed by atoms with van der Waals surface area (Å²) in [6.45, 7) is 3.88. The van der Waals surface area contributed by atoms with Crippen LogP contribution in [0.3, 0.4) is 0 Å². The van der Waals surface area contributed by atoms with Crippen LogP contribution in [0.15, 0.2) is 6.20 Å². The molecule has 0 unspecified atom stereocenters. The van der Waals surface area contributed by atoms with Gasteiger partial charge in [0.1, 0.15) is 11.8 Å². The van der Waals surface area contributed by atoms with Gasteiger partial charge >= 0.3 is 5.97 Å². The van der Waals surface area contributed by atoms with Crippen molar-refractivity contribution in [3.05, 3.63) is 23.0 Å². The lowest BCUT2D eigenvalue weighted by Crippen LogP contribution is -2.36. The van der Waals surface area contributed by atoms with Crippen molar-refractivity contribution < 1.29 is 19.0 Å². The molecule has 2 heterocycles. The fraction of sp³-hybridized carbons (Fsp3) is 0.625. The topological polar surface area (TPSA) is 73.5 Å². The Morgan fingerprint density at radius 2 is 2.27 bits per heavy atom. The lowest BCUT2D eigenvalue weighted by atomic mass is 9.89. The van der Waals surface area contributed by atoms with E-state index in [0.29, 0.717) is 38.5 Å². The van der Waals surface area contributed by atoms with Crippen molar-refractivity contribution >= 4 is 5.97 Å². The first kappa shape index (κ1) is 15.1. The third-order valence-electron chi connectivity index (χ3n) is 4.27. The second kappa shape index (κ2) is 6.11. The van der Waals surface area contributed by atoms with Gasteiger partial charge in [0.05, 0.1) is 26.2 Å². The number of nitrogens with zero attached hydrogens (tertiary/aromatic N) is 2. The van der Waals surface area contributed by atoms with Crippen LogP contribution < -0.4 is 0 Å². The lowest BCUT2D eigenvalue weighted by molar-refractivity contribution is -0.163. The number of rotatable bonds is 4. The number of ether oxygens (including phenoxy) is 3. The third-order valence-corrected chi connectivity index (χ3v) is 4.27. The predicted molar refractivity (Wildman–Crippen MR) is 77.1 cm³/mol. The summed E-state index contributed by atoms with van der Waals surface area (Å²) < 4.78 is 18.3. The molecule has 0 saturated carbocycles. The highest BCUT2D eigenvalue weighted by Crippen LogP contribution is 2.37. The predicted octanol–water partition coefficient (Wildman–Crippen LogP) is 1.54. The van der Waals surface area contributed by atoms with Gasteiger partial charge in [0.25, 0.3) is 0 Å². The zero-order valence-electron chi connectivity index (χ0n) is 12.8. The Morgan fingerprint density at radius 3 is 2.95 bits per heavy atom. The highest BCUT2D eigenvalue weighted by molar-refractivity contribution is 5.69. The molecule has 3 rings (SSSR count). The molecule has 0 amide bonds. The van der Waals surface area contributed by atoms with Crippen molar-refractivity contribution in [1.82, 2.24) is 4.57 Å². The summed E-state index contributed by atoms with van der Waals surface area (Å²) in [5, 5.41) is 9.44. The summed E-state index contributed by atoms with van der Waals surface area (Å²) in [7, 11) is 0. The first-order valence-electron chi connectivity index (χ1n) is 7.72. The molecule has 1 aliphatic carbocycles. The number of hydrogen-bond acceptors (Lipinski definition) is 5. The van der Waals surface area contributed by atoms with E-state index in [1.165, 1.54) is 0 Å². The van der Waals surface area contributed by atoms with Gasteiger partial charge in [-0.2, -0.15) is 5.26 Å². The quantitative estimate of drug-likeness (QED) is 0.789. The molecule has 1 aliphatic heterocycles. The Morgan fingerprint density at radius 1 is 1.50 bits per heavy atom. The summed E-state index contributed by atoms with van der Waals surface area (Å²) in [5.41, 5.74) is 2.80. The molecule has 1 aromatic heterocycles. The van der Waals surface area contributed by atoms with Crippen LogP contribution in [0.4, 0.5) is 0 Å². The monoisotopic (exact) mass is 304 g/mol. The van der Waals surface area contributed by atoms with E-state index in [-0.39, 0.29) is 12.4 Å². The first-order chi connectivity index (χ1) is 10.7. The average Bonchev–Trinajstić information content (AvgIpc) is 3.09. The van der Waals surface area contributed by atoms with Crippen LogP contribution in [-0.4, -0.2) is 36.1 Å². The molecule has 22 heavy (non-hydrogen) atoms. The standard InChI is InChI=1S/C16H20N2O4/c1-2-20-15(19)4-6-18-11-12-9-16(21-7-8-22-16)5-3-13(12)14(18)10-17/h11H,2-9H2,1H3. The van der Waals surface area contributed by atoms with E-state index in [1.54, 1.807) is 6.92 Å². The van der Waals surface area contributed by atoms with Crippen molar-refractivity contribution in [1.29, 1.82) is 5.26 Å². The molecule has 6 nitrogen and oxygen atoms in total. The zero-order valence-corrected chi connectivity index (χ0v) is 12.8. The summed E-state index contributed by atoms with van der Waals surface area (Å²) >= 11 is 0. The Balaban J connectivity index is 1.77. The molecule has 118 valence electrons. The van der Waals surface area contributed by atoms with Crippen LogP contribution in [0, 0.1) is 11.3 Å². The van der Waals surface area contributed by atoms with Gasteiger partial charge < -0.3 is 18.8 Å². The van der Waals surface area contributed by atoms with Gasteiger partial charge in [-0.3, -0.25) is 4.79 Å². The molecule has 2 aliphatic rings. The minimum absolute atomic E-state index is 0.239. The summed E-state index contributed by atoms with van der Waals surface area (Å²) in [6, 6.07) is 2.27. The van der Waals surface area contributed by atoms with Gasteiger partial charge in [-0.15, -0.1) is 0 Å². The molecule has 0 atom stereocenters. The number of aryl methyl sites for hydroxylation is 1. The number of hydrogen-bond donors (Lipinski definition) is 0. The Labute approximate surface area is 129 Å². The molecule has 0 aromatic carbocycles. The van der Waals surface area contributed by atoms with Gasteiger partial charge in [0, 0.05) is 25.6 Å². The van der Waals surface area contributed by atoms with Crippen LogP contribution >= 0.6 is 0 Å². The molecular weight excluding hydrogens is 284 g/mol. The van der Waals surface area contributed by atoms with Crippen LogP contribution in [-0.2, 0) is 38.4 Å². The number of nitriles is 1. The molecule has 1 fully saturated rings. The third kappa shape index (κ3) is 2.74. The SMILES string of the molecule is CCOC(=O)CCn1cc2c(c1C#N)CCC1(C2)OCCO1. The van der Waals surface area contributed by atoms with Crippen LogP contribution in [0.2, 0.25) is 0 Å². The highest BCUT2D eigenvalue weighted by Gasteiger charge is 2.41. The fourth-order valence-electron chi connectivity index (χ4n) is 3.28. The molecular formula is C16H20N2O4. The van der Waals surface area contributed by atoms with E-state index in [1.807, 2.05) is 10.8 Å². The van der Waals surface area contributed by atoms with Gasteiger partial charge in [-0.1, -0.05) is 0 Å². The smallest absolute Gasteiger partial charge is 0.307 e. The van der Waals surface area contributed by atoms with E-state index in [9.17, 15) is 10.1 Å². The summed E-state index contributed by atoms with van der Waals surface area (Å²) in [5.74, 6) is -0.746. The van der Waals surface area contributed by atoms with Crippen molar-refractivity contribution in [3.8, 4) is 6.07 Å². The highest BCUT2D eigenvalue weighted by atomic mass is 16.7.